The van der Waals surface area contributed by atoms with Gasteiger partial charge in [0.05, 0.1) is 30.4 Å². The summed E-state index contributed by atoms with van der Waals surface area (Å²) >= 11 is 0. The minimum absolute atomic E-state index is 0.0888. The fourth-order valence-electron chi connectivity index (χ4n) is 1.25. The maximum absolute atomic E-state index is 8.64. The highest BCUT2D eigenvalue weighted by molar-refractivity contribution is 5.34. The number of ether oxygens (including phenoxy) is 2. The van der Waals surface area contributed by atoms with E-state index in [0.29, 0.717) is 18.8 Å². The zero-order chi connectivity index (χ0) is 12.7. The van der Waals surface area contributed by atoms with E-state index in [0.717, 1.165) is 12.2 Å². The second kappa shape index (κ2) is 6.27. The summed E-state index contributed by atoms with van der Waals surface area (Å²) in [4.78, 5) is 0. The highest BCUT2D eigenvalue weighted by Gasteiger charge is 2.08. The lowest BCUT2D eigenvalue weighted by Gasteiger charge is -2.19. The van der Waals surface area contributed by atoms with E-state index in [4.69, 9.17) is 14.7 Å². The number of hydrogen-bond acceptors (Lipinski definition) is 3. The molecule has 0 atom stereocenters. The van der Waals surface area contributed by atoms with Crippen molar-refractivity contribution in [1.82, 2.24) is 0 Å². The molecular weight excluding hydrogens is 214 g/mol. The Balaban J connectivity index is 2.20. The van der Waals surface area contributed by atoms with Crippen LogP contribution in [0, 0.1) is 11.3 Å². The molecule has 0 spiro atoms. The SMILES string of the molecule is CC(C)(C)OCCCOc1ccc(C#N)cc1. The number of nitrogens with zero attached hydrogens (tertiary/aromatic N) is 1. The molecule has 0 heterocycles. The Hall–Kier alpha value is -1.53. The normalized spacial score (nSPS) is 10.9. The maximum atomic E-state index is 8.64. The van der Waals surface area contributed by atoms with E-state index in [9.17, 15) is 0 Å². The molecule has 0 N–H and O–H groups in total. The van der Waals surface area contributed by atoms with Crippen molar-refractivity contribution in [2.75, 3.05) is 13.2 Å². The van der Waals surface area contributed by atoms with Crippen LogP contribution >= 0.6 is 0 Å². The topological polar surface area (TPSA) is 42.2 Å². The smallest absolute Gasteiger partial charge is 0.119 e. The molecule has 0 aromatic heterocycles. The van der Waals surface area contributed by atoms with E-state index in [2.05, 4.69) is 6.07 Å². The summed E-state index contributed by atoms with van der Waals surface area (Å²) < 4.78 is 11.1. The van der Waals surface area contributed by atoms with Crippen molar-refractivity contribution < 1.29 is 9.47 Å². The van der Waals surface area contributed by atoms with E-state index < -0.39 is 0 Å². The molecule has 0 unspecified atom stereocenters. The Kier molecular flexibility index (Phi) is 4.99. The van der Waals surface area contributed by atoms with E-state index in [1.54, 1.807) is 12.1 Å². The second-order valence-corrected chi connectivity index (χ2v) is 4.80. The highest BCUT2D eigenvalue weighted by Crippen LogP contribution is 2.12. The van der Waals surface area contributed by atoms with E-state index >= 15 is 0 Å². The largest absolute Gasteiger partial charge is 0.494 e. The average molecular weight is 233 g/mol. The predicted molar refractivity (Wildman–Crippen MR) is 67.0 cm³/mol. The van der Waals surface area contributed by atoms with Gasteiger partial charge in [0.1, 0.15) is 5.75 Å². The number of hydrogen-bond donors (Lipinski definition) is 0. The fraction of sp³-hybridized carbons (Fsp3) is 0.500. The van der Waals surface area contributed by atoms with Crippen LogP contribution in [0.3, 0.4) is 0 Å². The molecule has 0 radical (unpaired) electrons. The Labute approximate surface area is 103 Å². The van der Waals surface area contributed by atoms with Gasteiger partial charge in [-0.15, -0.1) is 0 Å². The summed E-state index contributed by atoms with van der Waals surface area (Å²) in [5, 5.41) is 8.64. The minimum atomic E-state index is -0.0888. The van der Waals surface area contributed by atoms with Crippen LogP contribution in [0.4, 0.5) is 0 Å². The molecule has 0 aliphatic rings. The lowest BCUT2D eigenvalue weighted by Crippen LogP contribution is -2.20. The van der Waals surface area contributed by atoms with Crippen LogP contribution in [-0.4, -0.2) is 18.8 Å². The van der Waals surface area contributed by atoms with Gasteiger partial charge < -0.3 is 9.47 Å². The summed E-state index contributed by atoms with van der Waals surface area (Å²) in [6.45, 7) is 7.43. The first-order valence-electron chi connectivity index (χ1n) is 5.78. The van der Waals surface area contributed by atoms with Gasteiger partial charge in [-0.3, -0.25) is 0 Å². The lowest BCUT2D eigenvalue weighted by atomic mass is 10.2. The molecule has 0 fully saturated rings. The predicted octanol–water partition coefficient (Wildman–Crippen LogP) is 3.14. The Morgan fingerprint density at radius 1 is 1.12 bits per heavy atom. The molecule has 0 amide bonds. The van der Waals surface area contributed by atoms with Crippen LogP contribution in [0.5, 0.6) is 5.75 Å². The van der Waals surface area contributed by atoms with E-state index in [1.165, 1.54) is 0 Å². The molecule has 1 aromatic carbocycles. The van der Waals surface area contributed by atoms with Crippen molar-refractivity contribution in [1.29, 1.82) is 5.26 Å². The van der Waals surface area contributed by atoms with Crippen LogP contribution in [-0.2, 0) is 4.74 Å². The van der Waals surface area contributed by atoms with E-state index in [-0.39, 0.29) is 5.60 Å². The molecule has 0 saturated heterocycles. The second-order valence-electron chi connectivity index (χ2n) is 4.80. The van der Waals surface area contributed by atoms with Gasteiger partial charge in [0.25, 0.3) is 0 Å². The summed E-state index contributed by atoms with van der Waals surface area (Å²) in [6.07, 6.45) is 0.858. The molecule has 17 heavy (non-hydrogen) atoms. The Morgan fingerprint density at radius 2 is 1.76 bits per heavy atom. The molecule has 92 valence electrons. The zero-order valence-corrected chi connectivity index (χ0v) is 10.7. The molecule has 3 nitrogen and oxygen atoms in total. The third-order valence-corrected chi connectivity index (χ3v) is 2.08. The lowest BCUT2D eigenvalue weighted by molar-refractivity contribution is -0.00768. The number of rotatable bonds is 5. The van der Waals surface area contributed by atoms with Crippen LogP contribution in [0.25, 0.3) is 0 Å². The van der Waals surface area contributed by atoms with Crippen molar-refractivity contribution in [2.45, 2.75) is 32.8 Å². The van der Waals surface area contributed by atoms with Crippen LogP contribution < -0.4 is 4.74 Å². The molecular formula is C14H19NO2. The first kappa shape index (κ1) is 13.5. The van der Waals surface area contributed by atoms with Gasteiger partial charge in [0.15, 0.2) is 0 Å². The third kappa shape index (κ3) is 5.94. The standard InChI is InChI=1S/C14H19NO2/c1-14(2,3)17-10-4-9-16-13-7-5-12(11-15)6-8-13/h5-8H,4,9-10H2,1-3H3. The van der Waals surface area contributed by atoms with Gasteiger partial charge in [-0.1, -0.05) is 0 Å². The van der Waals surface area contributed by atoms with Gasteiger partial charge in [-0.2, -0.15) is 5.26 Å². The summed E-state index contributed by atoms with van der Waals surface area (Å²) in [5.41, 5.74) is 0.558. The minimum Gasteiger partial charge on any atom is -0.494 e. The molecule has 1 rings (SSSR count). The van der Waals surface area contributed by atoms with Crippen molar-refractivity contribution in [2.24, 2.45) is 0 Å². The molecule has 0 bridgehead atoms. The average Bonchev–Trinajstić information content (AvgIpc) is 2.28. The molecule has 3 heteroatoms. The zero-order valence-electron chi connectivity index (χ0n) is 10.7. The van der Waals surface area contributed by atoms with Gasteiger partial charge in [0, 0.05) is 6.42 Å². The van der Waals surface area contributed by atoms with Crippen LogP contribution in [0.2, 0.25) is 0 Å². The van der Waals surface area contributed by atoms with Crippen molar-refractivity contribution >= 4 is 0 Å². The first-order chi connectivity index (χ1) is 8.01. The summed E-state index contributed by atoms with van der Waals surface area (Å²) in [5.74, 6) is 0.791. The van der Waals surface area contributed by atoms with Gasteiger partial charge in [-0.05, 0) is 45.0 Å². The molecule has 0 aliphatic carbocycles. The third-order valence-electron chi connectivity index (χ3n) is 2.08. The van der Waals surface area contributed by atoms with Crippen LogP contribution in [0.1, 0.15) is 32.8 Å². The van der Waals surface area contributed by atoms with Gasteiger partial charge in [-0.25, -0.2) is 0 Å². The van der Waals surface area contributed by atoms with E-state index in [1.807, 2.05) is 32.9 Å². The molecule has 0 aliphatic heterocycles. The quantitative estimate of drug-likeness (QED) is 0.734. The van der Waals surface area contributed by atoms with Gasteiger partial charge >= 0.3 is 0 Å². The Morgan fingerprint density at radius 3 is 2.29 bits per heavy atom. The van der Waals surface area contributed by atoms with Crippen molar-refractivity contribution in [3.63, 3.8) is 0 Å². The van der Waals surface area contributed by atoms with Crippen LogP contribution in [0.15, 0.2) is 24.3 Å². The van der Waals surface area contributed by atoms with Crippen molar-refractivity contribution in [3.05, 3.63) is 29.8 Å². The molecule has 1 aromatic rings. The fourth-order valence-corrected chi connectivity index (χ4v) is 1.25. The Bertz CT molecular complexity index is 371. The van der Waals surface area contributed by atoms with Gasteiger partial charge in [0.2, 0.25) is 0 Å². The molecule has 0 saturated carbocycles. The maximum Gasteiger partial charge on any atom is 0.119 e. The monoisotopic (exact) mass is 233 g/mol. The first-order valence-corrected chi connectivity index (χ1v) is 5.78. The van der Waals surface area contributed by atoms with Crippen molar-refractivity contribution in [3.8, 4) is 11.8 Å². The number of benzene rings is 1. The summed E-state index contributed by atoms with van der Waals surface area (Å²) in [6, 6.07) is 9.19. The number of nitriles is 1. The summed E-state index contributed by atoms with van der Waals surface area (Å²) in [7, 11) is 0. The highest BCUT2D eigenvalue weighted by atomic mass is 16.5.